The number of nitrogens with zero attached hydrogens (tertiary/aromatic N) is 6. The second-order valence-electron chi connectivity index (χ2n) is 6.11. The molecule has 0 saturated carbocycles. The van der Waals surface area contributed by atoms with Gasteiger partial charge in [0.2, 0.25) is 0 Å². The van der Waals surface area contributed by atoms with Gasteiger partial charge in [-0.3, -0.25) is 4.98 Å². The maximum absolute atomic E-state index is 9.11. The number of aromatic nitrogens is 3. The van der Waals surface area contributed by atoms with E-state index in [9.17, 15) is 0 Å². The predicted molar refractivity (Wildman–Crippen MR) is 98.1 cm³/mol. The van der Waals surface area contributed by atoms with Crippen LogP contribution in [0.1, 0.15) is 11.1 Å². The van der Waals surface area contributed by atoms with E-state index in [1.54, 1.807) is 12.4 Å². The van der Waals surface area contributed by atoms with Crippen molar-refractivity contribution in [3.05, 3.63) is 59.9 Å². The SMILES string of the molecule is CN(C)CCN(Cc1cccc(C#N)c1)c1ccc2nccnc2n1. The van der Waals surface area contributed by atoms with E-state index in [0.29, 0.717) is 17.8 Å². The zero-order valence-electron chi connectivity index (χ0n) is 14.4. The molecule has 0 fully saturated rings. The molecule has 0 N–H and O–H groups in total. The van der Waals surface area contributed by atoms with Gasteiger partial charge in [-0.1, -0.05) is 12.1 Å². The molecular weight excluding hydrogens is 312 g/mol. The van der Waals surface area contributed by atoms with Crippen LogP contribution < -0.4 is 4.90 Å². The Morgan fingerprint density at radius 2 is 1.88 bits per heavy atom. The van der Waals surface area contributed by atoms with Gasteiger partial charge in [0.05, 0.1) is 11.6 Å². The highest BCUT2D eigenvalue weighted by molar-refractivity contribution is 5.71. The van der Waals surface area contributed by atoms with Crippen LogP contribution in [-0.2, 0) is 6.54 Å². The van der Waals surface area contributed by atoms with Crippen molar-refractivity contribution in [3.63, 3.8) is 0 Å². The molecule has 3 rings (SSSR count). The number of benzene rings is 1. The van der Waals surface area contributed by atoms with E-state index in [1.807, 2.05) is 50.5 Å². The largest absolute Gasteiger partial charge is 0.351 e. The van der Waals surface area contributed by atoms with Gasteiger partial charge in [0.1, 0.15) is 11.3 Å². The summed E-state index contributed by atoms with van der Waals surface area (Å²) in [6.45, 7) is 2.41. The third-order valence-corrected chi connectivity index (χ3v) is 3.89. The number of fused-ring (bicyclic) bond motifs is 1. The first-order valence-corrected chi connectivity index (χ1v) is 8.12. The molecule has 0 aliphatic carbocycles. The van der Waals surface area contributed by atoms with Crippen molar-refractivity contribution in [2.75, 3.05) is 32.1 Å². The Bertz CT molecular complexity index is 900. The van der Waals surface area contributed by atoms with Gasteiger partial charge in [-0.2, -0.15) is 5.26 Å². The van der Waals surface area contributed by atoms with E-state index in [-0.39, 0.29) is 0 Å². The molecule has 0 unspecified atom stereocenters. The number of rotatable bonds is 6. The number of nitriles is 1. The van der Waals surface area contributed by atoms with Crippen molar-refractivity contribution in [1.29, 1.82) is 5.26 Å². The molecule has 0 saturated heterocycles. The first-order chi connectivity index (χ1) is 12.2. The number of hydrogen-bond donors (Lipinski definition) is 0. The van der Waals surface area contributed by atoms with Gasteiger partial charge in [0.15, 0.2) is 5.65 Å². The summed E-state index contributed by atoms with van der Waals surface area (Å²) in [6.07, 6.45) is 3.32. The normalized spacial score (nSPS) is 10.8. The number of anilines is 1. The molecule has 25 heavy (non-hydrogen) atoms. The Kier molecular flexibility index (Phi) is 5.17. The van der Waals surface area contributed by atoms with Crippen molar-refractivity contribution in [1.82, 2.24) is 19.9 Å². The van der Waals surface area contributed by atoms with Crippen LogP contribution >= 0.6 is 0 Å². The lowest BCUT2D eigenvalue weighted by molar-refractivity contribution is 0.412. The lowest BCUT2D eigenvalue weighted by Gasteiger charge is -2.25. The van der Waals surface area contributed by atoms with Gasteiger partial charge >= 0.3 is 0 Å². The molecule has 1 aromatic carbocycles. The van der Waals surface area contributed by atoms with Crippen LogP contribution in [0.2, 0.25) is 0 Å². The Labute approximate surface area is 147 Å². The van der Waals surface area contributed by atoms with Gasteiger partial charge in [0, 0.05) is 32.0 Å². The van der Waals surface area contributed by atoms with Crippen LogP contribution in [0.15, 0.2) is 48.8 Å². The second kappa shape index (κ2) is 7.69. The molecule has 0 spiro atoms. The van der Waals surface area contributed by atoms with Gasteiger partial charge in [-0.15, -0.1) is 0 Å². The highest BCUT2D eigenvalue weighted by atomic mass is 15.2. The van der Waals surface area contributed by atoms with E-state index >= 15 is 0 Å². The standard InChI is InChI=1S/C19H20N6/c1-24(2)10-11-25(14-16-5-3-4-15(12-16)13-20)18-7-6-17-19(23-18)22-9-8-21-17/h3-9,12H,10-11,14H2,1-2H3. The summed E-state index contributed by atoms with van der Waals surface area (Å²) >= 11 is 0. The lowest BCUT2D eigenvalue weighted by atomic mass is 10.1. The summed E-state index contributed by atoms with van der Waals surface area (Å²) in [7, 11) is 4.10. The average Bonchev–Trinajstić information content (AvgIpc) is 2.64. The topological polar surface area (TPSA) is 68.9 Å². The van der Waals surface area contributed by atoms with E-state index < -0.39 is 0 Å². The van der Waals surface area contributed by atoms with Crippen molar-refractivity contribution in [2.45, 2.75) is 6.54 Å². The summed E-state index contributed by atoms with van der Waals surface area (Å²) < 4.78 is 0. The molecule has 0 amide bonds. The minimum atomic E-state index is 0.639. The van der Waals surface area contributed by atoms with E-state index in [4.69, 9.17) is 5.26 Å². The quantitative estimate of drug-likeness (QED) is 0.691. The second-order valence-corrected chi connectivity index (χ2v) is 6.11. The predicted octanol–water partition coefficient (Wildman–Crippen LogP) is 2.46. The Morgan fingerprint density at radius 3 is 2.68 bits per heavy atom. The smallest absolute Gasteiger partial charge is 0.180 e. The number of likely N-dealkylation sites (N-methyl/N-ethyl adjacent to an activating group) is 1. The highest BCUT2D eigenvalue weighted by Crippen LogP contribution is 2.18. The van der Waals surface area contributed by atoms with Crippen LogP contribution in [0, 0.1) is 11.3 Å². The van der Waals surface area contributed by atoms with E-state index in [2.05, 4.69) is 30.8 Å². The van der Waals surface area contributed by atoms with E-state index in [1.165, 1.54) is 0 Å². The van der Waals surface area contributed by atoms with Gasteiger partial charge in [-0.05, 0) is 43.9 Å². The first-order valence-electron chi connectivity index (χ1n) is 8.12. The Balaban J connectivity index is 1.90. The Morgan fingerprint density at radius 1 is 1.04 bits per heavy atom. The minimum absolute atomic E-state index is 0.639. The molecule has 126 valence electrons. The summed E-state index contributed by atoms with van der Waals surface area (Å²) in [4.78, 5) is 17.6. The fourth-order valence-electron chi connectivity index (χ4n) is 2.58. The van der Waals surface area contributed by atoms with Crippen molar-refractivity contribution in [2.24, 2.45) is 0 Å². The molecule has 0 bridgehead atoms. The van der Waals surface area contributed by atoms with Crippen molar-refractivity contribution < 1.29 is 0 Å². The maximum Gasteiger partial charge on any atom is 0.180 e. The molecule has 0 radical (unpaired) electrons. The molecule has 6 nitrogen and oxygen atoms in total. The zero-order chi connectivity index (χ0) is 17.6. The van der Waals surface area contributed by atoms with Crippen LogP contribution in [0.4, 0.5) is 5.82 Å². The highest BCUT2D eigenvalue weighted by Gasteiger charge is 2.11. The number of hydrogen-bond acceptors (Lipinski definition) is 6. The van der Waals surface area contributed by atoms with Gasteiger partial charge in [-0.25, -0.2) is 9.97 Å². The zero-order valence-corrected chi connectivity index (χ0v) is 14.4. The van der Waals surface area contributed by atoms with Gasteiger partial charge in [0.25, 0.3) is 0 Å². The maximum atomic E-state index is 9.11. The third kappa shape index (κ3) is 4.28. The summed E-state index contributed by atoms with van der Waals surface area (Å²) in [6, 6.07) is 13.8. The summed E-state index contributed by atoms with van der Waals surface area (Å²) in [5.41, 5.74) is 3.17. The van der Waals surface area contributed by atoms with Crippen LogP contribution in [0.3, 0.4) is 0 Å². The van der Waals surface area contributed by atoms with Crippen LogP contribution in [-0.4, -0.2) is 47.0 Å². The molecule has 6 heteroatoms. The fraction of sp³-hybridized carbons (Fsp3) is 0.263. The molecule has 0 atom stereocenters. The van der Waals surface area contributed by atoms with Crippen LogP contribution in [0.5, 0.6) is 0 Å². The molecule has 3 aromatic rings. The van der Waals surface area contributed by atoms with Crippen LogP contribution in [0.25, 0.3) is 11.2 Å². The lowest BCUT2D eigenvalue weighted by Crippen LogP contribution is -2.32. The monoisotopic (exact) mass is 332 g/mol. The van der Waals surface area contributed by atoms with Crippen molar-refractivity contribution >= 4 is 17.0 Å². The summed E-state index contributed by atoms with van der Waals surface area (Å²) in [5.74, 6) is 0.859. The minimum Gasteiger partial charge on any atom is -0.351 e. The van der Waals surface area contributed by atoms with Crippen molar-refractivity contribution in [3.8, 4) is 6.07 Å². The average molecular weight is 332 g/mol. The molecule has 0 aliphatic heterocycles. The molecule has 0 aliphatic rings. The third-order valence-electron chi connectivity index (χ3n) is 3.89. The molecule has 2 heterocycles. The van der Waals surface area contributed by atoms with E-state index in [0.717, 1.165) is 30.0 Å². The summed E-state index contributed by atoms with van der Waals surface area (Å²) in [5, 5.41) is 9.11. The Hall–Kier alpha value is -3.04. The molecule has 2 aromatic heterocycles. The fourth-order valence-corrected chi connectivity index (χ4v) is 2.58. The van der Waals surface area contributed by atoms with Gasteiger partial charge < -0.3 is 9.80 Å². The molecular formula is C19H20N6. The number of pyridine rings is 1. The first kappa shape index (κ1) is 16.8.